The van der Waals surface area contributed by atoms with Crippen LogP contribution in [0.2, 0.25) is 0 Å². The molecule has 94 valence electrons. The molecule has 0 spiro atoms. The van der Waals surface area contributed by atoms with Gasteiger partial charge in [-0.05, 0) is 34.6 Å². The van der Waals surface area contributed by atoms with Gasteiger partial charge in [-0.2, -0.15) is 0 Å². The highest BCUT2D eigenvalue weighted by Gasteiger charge is 1.99. The van der Waals surface area contributed by atoms with Crippen LogP contribution in [-0.2, 0) is 4.79 Å². The summed E-state index contributed by atoms with van der Waals surface area (Å²) in [6.45, 7) is 5.27. The smallest absolute Gasteiger partial charge is 0.330 e. The van der Waals surface area contributed by atoms with E-state index in [1.54, 1.807) is 0 Å². The average molecular weight is 332 g/mol. The average Bonchev–Trinajstić information content (AvgIpc) is 2.07. The minimum atomic E-state index is -0.883. The van der Waals surface area contributed by atoms with Gasteiger partial charge in [0.1, 0.15) is 0 Å². The van der Waals surface area contributed by atoms with Crippen molar-refractivity contribution >= 4 is 29.9 Å². The van der Waals surface area contributed by atoms with Gasteiger partial charge in [0, 0.05) is 5.57 Å². The van der Waals surface area contributed by atoms with Crippen LogP contribution in [0.25, 0.3) is 0 Å². The minimum absolute atomic E-state index is 0. The molecular weight excluding hydrogens is 307 g/mol. The van der Waals surface area contributed by atoms with E-state index in [9.17, 15) is 4.79 Å². The Bertz CT molecular complexity index is 139. The Kier molecular flexibility index (Phi) is 38.0. The van der Waals surface area contributed by atoms with Gasteiger partial charge in [0.25, 0.3) is 0 Å². The monoisotopic (exact) mass is 332 g/mol. The zero-order chi connectivity index (χ0) is 12.0. The summed E-state index contributed by atoms with van der Waals surface area (Å²) in [7, 11) is 7.50. The lowest BCUT2D eigenvalue weighted by Gasteiger charge is -1.92. The molecule has 0 saturated heterocycles. The van der Waals surface area contributed by atoms with Crippen LogP contribution in [0.3, 0.4) is 0 Å². The lowest BCUT2D eigenvalue weighted by molar-refractivity contribution is -0.132. The van der Waals surface area contributed by atoms with Crippen LogP contribution in [0, 0.1) is 0 Å². The molecule has 0 aliphatic rings. The fourth-order valence-electron chi connectivity index (χ4n) is 0.409. The first-order chi connectivity index (χ1) is 6.51. The molecule has 5 heteroatoms. The van der Waals surface area contributed by atoms with E-state index < -0.39 is 5.97 Å². The van der Waals surface area contributed by atoms with Crippen LogP contribution in [-0.4, -0.2) is 39.3 Å². The van der Waals surface area contributed by atoms with Crippen molar-refractivity contribution < 1.29 is 9.90 Å². The summed E-state index contributed by atoms with van der Waals surface area (Å²) in [6, 6.07) is 0. The number of nitrogens with one attached hydrogen (secondary N) is 2. The number of halogens is 1. The molecule has 0 aliphatic carbocycles. The maximum Gasteiger partial charge on any atom is 0.330 e. The third-order valence-electron chi connectivity index (χ3n) is 0.854. The lowest BCUT2D eigenvalue weighted by Crippen LogP contribution is -1.97. The first-order valence-corrected chi connectivity index (χ1v) is 4.59. The van der Waals surface area contributed by atoms with Crippen molar-refractivity contribution in [2.24, 2.45) is 0 Å². The maximum atomic E-state index is 9.99. The van der Waals surface area contributed by atoms with E-state index in [0.29, 0.717) is 12.0 Å². The Balaban J connectivity index is -0.0000000733. The Morgan fingerprint density at radius 2 is 1.47 bits per heavy atom. The highest BCUT2D eigenvalue weighted by molar-refractivity contribution is 14.0. The SMILES string of the molecule is C=C(CCC)C(=O)O.CNC.CNC.I. The molecule has 0 aromatic rings. The van der Waals surface area contributed by atoms with Crippen molar-refractivity contribution in [3.8, 4) is 0 Å². The van der Waals surface area contributed by atoms with Crippen molar-refractivity contribution in [3.63, 3.8) is 0 Å². The topological polar surface area (TPSA) is 61.4 Å². The molecule has 0 aromatic heterocycles. The number of rotatable bonds is 3. The molecule has 15 heavy (non-hydrogen) atoms. The molecule has 0 atom stereocenters. The summed E-state index contributed by atoms with van der Waals surface area (Å²) in [6.07, 6.45) is 1.44. The molecule has 0 radical (unpaired) electrons. The third kappa shape index (κ3) is 41.4. The molecule has 0 heterocycles. The second-order valence-electron chi connectivity index (χ2n) is 2.66. The first-order valence-electron chi connectivity index (χ1n) is 4.59. The normalized spacial score (nSPS) is 7.00. The predicted octanol–water partition coefficient (Wildman–Crippen LogP) is 1.72. The molecule has 0 aliphatic heterocycles. The fraction of sp³-hybridized carbons (Fsp3) is 0.700. The Hall–Kier alpha value is -0.140. The molecule has 4 nitrogen and oxygen atoms in total. The number of carbonyl (C=O) groups is 1. The van der Waals surface area contributed by atoms with Gasteiger partial charge in [-0.15, -0.1) is 24.0 Å². The van der Waals surface area contributed by atoms with Crippen molar-refractivity contribution in [3.05, 3.63) is 12.2 Å². The van der Waals surface area contributed by atoms with E-state index in [0.717, 1.165) is 6.42 Å². The molecule has 0 saturated carbocycles. The zero-order valence-corrected chi connectivity index (χ0v) is 12.7. The first kappa shape index (κ1) is 24.2. The van der Waals surface area contributed by atoms with Gasteiger partial charge in [-0.1, -0.05) is 19.9 Å². The van der Waals surface area contributed by atoms with E-state index >= 15 is 0 Å². The Morgan fingerprint density at radius 3 is 1.53 bits per heavy atom. The van der Waals surface area contributed by atoms with Crippen LogP contribution in [0.5, 0.6) is 0 Å². The van der Waals surface area contributed by atoms with Crippen molar-refractivity contribution in [2.75, 3.05) is 28.2 Å². The van der Waals surface area contributed by atoms with Crippen LogP contribution in [0.15, 0.2) is 12.2 Å². The molecule has 0 aromatic carbocycles. The van der Waals surface area contributed by atoms with E-state index in [-0.39, 0.29) is 24.0 Å². The highest BCUT2D eigenvalue weighted by Crippen LogP contribution is 1.99. The molecule has 0 fully saturated rings. The Labute approximate surface area is 111 Å². The largest absolute Gasteiger partial charge is 0.478 e. The second-order valence-corrected chi connectivity index (χ2v) is 2.66. The van der Waals surface area contributed by atoms with Gasteiger partial charge >= 0.3 is 5.97 Å². The standard InChI is InChI=1S/C6H10O2.2C2H7N.HI/c1-3-4-5(2)6(7)8;2*1-3-2;/h2-4H2,1H3,(H,7,8);2*3H,1-2H3;1H. The maximum absolute atomic E-state index is 9.99. The van der Waals surface area contributed by atoms with E-state index in [1.807, 2.05) is 35.1 Å². The Morgan fingerprint density at radius 1 is 1.20 bits per heavy atom. The van der Waals surface area contributed by atoms with Gasteiger partial charge in [0.2, 0.25) is 0 Å². The summed E-state index contributed by atoms with van der Waals surface area (Å²) >= 11 is 0. The van der Waals surface area contributed by atoms with Crippen molar-refractivity contribution in [1.82, 2.24) is 10.6 Å². The summed E-state index contributed by atoms with van der Waals surface area (Å²) in [4.78, 5) is 9.99. The van der Waals surface area contributed by atoms with E-state index in [4.69, 9.17) is 5.11 Å². The molecule has 0 amide bonds. The van der Waals surface area contributed by atoms with Gasteiger partial charge < -0.3 is 15.7 Å². The van der Waals surface area contributed by atoms with Crippen LogP contribution in [0.4, 0.5) is 0 Å². The van der Waals surface area contributed by atoms with Gasteiger partial charge in [-0.25, -0.2) is 4.79 Å². The number of hydrogen-bond acceptors (Lipinski definition) is 3. The predicted molar refractivity (Wildman–Crippen MR) is 77.1 cm³/mol. The highest BCUT2D eigenvalue weighted by atomic mass is 127. The fourth-order valence-corrected chi connectivity index (χ4v) is 0.409. The summed E-state index contributed by atoms with van der Waals surface area (Å²) in [5.74, 6) is -0.883. The van der Waals surface area contributed by atoms with Gasteiger partial charge in [0.05, 0.1) is 0 Å². The minimum Gasteiger partial charge on any atom is -0.478 e. The summed E-state index contributed by atoms with van der Waals surface area (Å²) in [5.41, 5.74) is 0.299. The zero-order valence-electron chi connectivity index (χ0n) is 10.4. The van der Waals surface area contributed by atoms with E-state index in [1.165, 1.54) is 0 Å². The summed E-state index contributed by atoms with van der Waals surface area (Å²) < 4.78 is 0. The number of aliphatic carboxylic acids is 1. The third-order valence-corrected chi connectivity index (χ3v) is 0.854. The van der Waals surface area contributed by atoms with Crippen molar-refractivity contribution in [2.45, 2.75) is 19.8 Å². The van der Waals surface area contributed by atoms with Gasteiger partial charge in [0.15, 0.2) is 0 Å². The molecule has 3 N–H and O–H groups in total. The molecular formula is C10H25IN2O2. The van der Waals surface area contributed by atoms with Crippen molar-refractivity contribution in [1.29, 1.82) is 0 Å². The second kappa shape index (κ2) is 23.6. The molecule has 0 unspecified atom stereocenters. The molecule has 0 rings (SSSR count). The van der Waals surface area contributed by atoms with Crippen LogP contribution in [0.1, 0.15) is 19.8 Å². The molecule has 0 bridgehead atoms. The summed E-state index contributed by atoms with van der Waals surface area (Å²) in [5, 5.41) is 13.7. The van der Waals surface area contributed by atoms with Crippen LogP contribution >= 0.6 is 24.0 Å². The van der Waals surface area contributed by atoms with Gasteiger partial charge in [-0.3, -0.25) is 0 Å². The van der Waals surface area contributed by atoms with Crippen LogP contribution < -0.4 is 10.6 Å². The number of hydrogen-bond donors (Lipinski definition) is 3. The quantitative estimate of drug-likeness (QED) is 0.544. The number of carboxylic acid groups (broad SMARTS) is 1. The number of carboxylic acids is 1. The lowest BCUT2D eigenvalue weighted by atomic mass is 10.2. The van der Waals surface area contributed by atoms with E-state index in [2.05, 4.69) is 17.2 Å².